The molecule has 36 heavy (non-hydrogen) atoms. The van der Waals surface area contributed by atoms with Crippen molar-refractivity contribution in [1.82, 2.24) is 4.31 Å². The zero-order valence-corrected chi connectivity index (χ0v) is 21.9. The minimum absolute atomic E-state index is 0.147. The lowest BCUT2D eigenvalue weighted by Gasteiger charge is -2.24. The van der Waals surface area contributed by atoms with Gasteiger partial charge in [0.2, 0.25) is 15.9 Å². The molecule has 0 saturated heterocycles. The number of anilines is 1. The molecule has 7 nitrogen and oxygen atoms in total. The summed E-state index contributed by atoms with van der Waals surface area (Å²) < 4.78 is 33.7. The van der Waals surface area contributed by atoms with Gasteiger partial charge in [-0.2, -0.15) is 4.31 Å². The van der Waals surface area contributed by atoms with Gasteiger partial charge in [-0.05, 0) is 75.1 Å². The molecule has 3 aromatic carbocycles. The van der Waals surface area contributed by atoms with Crippen LogP contribution in [0.5, 0.6) is 0 Å². The molecule has 0 saturated carbocycles. The van der Waals surface area contributed by atoms with Crippen LogP contribution in [-0.2, 0) is 26.0 Å². The normalized spacial score (nSPS) is 11.4. The van der Waals surface area contributed by atoms with Crippen LogP contribution < -0.4 is 5.32 Å². The van der Waals surface area contributed by atoms with Gasteiger partial charge in [-0.25, -0.2) is 13.2 Å². The van der Waals surface area contributed by atoms with E-state index in [1.807, 2.05) is 49.4 Å². The first kappa shape index (κ1) is 27.1. The van der Waals surface area contributed by atoms with Crippen molar-refractivity contribution in [3.63, 3.8) is 0 Å². The minimum atomic E-state index is -3.95. The molecule has 3 aromatic rings. The Balaban J connectivity index is 1.83. The Bertz CT molecular complexity index is 1300. The number of hydrogen-bond donors (Lipinski definition) is 1. The van der Waals surface area contributed by atoms with Crippen molar-refractivity contribution in [3.05, 3.63) is 94.5 Å². The standard InChI is InChI=1S/C28H32N2O5S/c1-5-35-28(32)24-11-13-25(14-12-24)29-26(31)19-30(16-15-23-9-7-6-8-10-23)36(33,34)27-21(3)17-20(2)18-22(27)4/h6-14,17-18H,5,15-16,19H2,1-4H3,(H,29,31). The predicted molar refractivity (Wildman–Crippen MR) is 141 cm³/mol. The quantitative estimate of drug-likeness (QED) is 0.402. The SMILES string of the molecule is CCOC(=O)c1ccc(NC(=O)CN(CCc2ccccc2)S(=O)(=O)c2c(C)cc(C)cc2C)cc1. The molecule has 0 aromatic heterocycles. The van der Waals surface area contributed by atoms with Crippen LogP contribution in [0.2, 0.25) is 0 Å². The number of ether oxygens (including phenoxy) is 1. The molecule has 1 N–H and O–H groups in total. The Labute approximate surface area is 213 Å². The Morgan fingerprint density at radius 3 is 2.11 bits per heavy atom. The van der Waals surface area contributed by atoms with Crippen LogP contribution in [0.1, 0.15) is 39.5 Å². The highest BCUT2D eigenvalue weighted by atomic mass is 32.2. The van der Waals surface area contributed by atoms with E-state index < -0.39 is 21.9 Å². The van der Waals surface area contributed by atoms with Gasteiger partial charge in [-0.3, -0.25) is 4.79 Å². The fourth-order valence-corrected chi connectivity index (χ4v) is 5.96. The molecule has 0 aliphatic carbocycles. The highest BCUT2D eigenvalue weighted by molar-refractivity contribution is 7.89. The maximum atomic E-state index is 13.8. The lowest BCUT2D eigenvalue weighted by molar-refractivity contribution is -0.116. The van der Waals surface area contributed by atoms with Crippen molar-refractivity contribution < 1.29 is 22.7 Å². The Kier molecular flexibility index (Phi) is 9.01. The van der Waals surface area contributed by atoms with Gasteiger partial charge in [-0.1, -0.05) is 48.0 Å². The number of carbonyl (C=O) groups is 2. The summed E-state index contributed by atoms with van der Waals surface area (Å²) in [5.74, 6) is -0.921. The van der Waals surface area contributed by atoms with E-state index in [1.165, 1.54) is 4.31 Å². The zero-order chi connectivity index (χ0) is 26.3. The maximum absolute atomic E-state index is 13.8. The summed E-state index contributed by atoms with van der Waals surface area (Å²) in [5, 5.41) is 2.73. The van der Waals surface area contributed by atoms with E-state index in [4.69, 9.17) is 4.74 Å². The van der Waals surface area contributed by atoms with Crippen LogP contribution in [0, 0.1) is 20.8 Å². The van der Waals surface area contributed by atoms with E-state index in [-0.39, 0.29) is 24.6 Å². The van der Waals surface area contributed by atoms with Gasteiger partial charge >= 0.3 is 5.97 Å². The summed E-state index contributed by atoms with van der Waals surface area (Å²) in [6.07, 6.45) is 0.464. The first-order chi connectivity index (χ1) is 17.1. The molecule has 0 atom stereocenters. The van der Waals surface area contributed by atoms with Gasteiger partial charge in [0.15, 0.2) is 0 Å². The molecule has 0 bridgehead atoms. The van der Waals surface area contributed by atoms with Crippen molar-refractivity contribution in [3.8, 4) is 0 Å². The molecule has 0 unspecified atom stereocenters. The summed E-state index contributed by atoms with van der Waals surface area (Å²) in [6.45, 7) is 7.26. The second-order valence-corrected chi connectivity index (χ2v) is 10.5. The van der Waals surface area contributed by atoms with E-state index in [0.717, 1.165) is 11.1 Å². The third-order valence-electron chi connectivity index (χ3n) is 5.69. The van der Waals surface area contributed by atoms with Crippen LogP contribution in [0.4, 0.5) is 5.69 Å². The van der Waals surface area contributed by atoms with Crippen molar-refractivity contribution in [2.45, 2.75) is 39.0 Å². The van der Waals surface area contributed by atoms with E-state index in [2.05, 4.69) is 5.32 Å². The van der Waals surface area contributed by atoms with E-state index in [1.54, 1.807) is 45.0 Å². The number of amides is 1. The first-order valence-electron chi connectivity index (χ1n) is 11.8. The highest BCUT2D eigenvalue weighted by Gasteiger charge is 2.29. The number of benzene rings is 3. The van der Waals surface area contributed by atoms with Crippen LogP contribution in [0.3, 0.4) is 0 Å². The lowest BCUT2D eigenvalue weighted by atomic mass is 10.1. The van der Waals surface area contributed by atoms with E-state index >= 15 is 0 Å². The number of nitrogens with zero attached hydrogens (tertiary/aromatic N) is 1. The summed E-state index contributed by atoms with van der Waals surface area (Å²) in [5.41, 5.74) is 4.07. The van der Waals surface area contributed by atoms with Crippen molar-refractivity contribution in [2.75, 3.05) is 25.0 Å². The van der Waals surface area contributed by atoms with Crippen molar-refractivity contribution in [1.29, 1.82) is 0 Å². The Morgan fingerprint density at radius 1 is 0.917 bits per heavy atom. The number of rotatable bonds is 10. The van der Waals surface area contributed by atoms with E-state index in [0.29, 0.717) is 28.8 Å². The van der Waals surface area contributed by atoms with Gasteiger partial charge in [0, 0.05) is 12.2 Å². The average molecular weight is 509 g/mol. The summed E-state index contributed by atoms with van der Waals surface area (Å²) in [6, 6.07) is 19.5. The zero-order valence-electron chi connectivity index (χ0n) is 21.1. The monoisotopic (exact) mass is 508 g/mol. The van der Waals surface area contributed by atoms with Gasteiger partial charge in [0.05, 0.1) is 23.6 Å². The molecule has 0 radical (unpaired) electrons. The summed E-state index contributed by atoms with van der Waals surface area (Å²) in [7, 11) is -3.95. The average Bonchev–Trinajstić information content (AvgIpc) is 2.82. The molecule has 3 rings (SSSR count). The molecular formula is C28H32N2O5S. The largest absolute Gasteiger partial charge is 0.462 e. The van der Waals surface area contributed by atoms with Crippen LogP contribution in [0.15, 0.2) is 71.6 Å². The fraction of sp³-hybridized carbons (Fsp3) is 0.286. The molecule has 0 fully saturated rings. The van der Waals surface area contributed by atoms with Gasteiger partial charge in [0.25, 0.3) is 0 Å². The second-order valence-electron chi connectivity index (χ2n) is 8.65. The lowest BCUT2D eigenvalue weighted by Crippen LogP contribution is -2.39. The molecule has 0 heterocycles. The molecule has 0 aliphatic heterocycles. The third-order valence-corrected chi connectivity index (χ3v) is 7.85. The molecule has 1 amide bonds. The van der Waals surface area contributed by atoms with Crippen molar-refractivity contribution >= 4 is 27.6 Å². The number of carbonyl (C=O) groups excluding carboxylic acids is 2. The second kappa shape index (κ2) is 12.0. The summed E-state index contributed by atoms with van der Waals surface area (Å²) in [4.78, 5) is 25.0. The number of hydrogen-bond acceptors (Lipinski definition) is 5. The maximum Gasteiger partial charge on any atom is 0.338 e. The number of sulfonamides is 1. The molecule has 8 heteroatoms. The number of nitrogens with one attached hydrogen (secondary N) is 1. The molecule has 0 aliphatic rings. The topological polar surface area (TPSA) is 92.8 Å². The highest BCUT2D eigenvalue weighted by Crippen LogP contribution is 2.26. The number of esters is 1. The van der Waals surface area contributed by atoms with E-state index in [9.17, 15) is 18.0 Å². The minimum Gasteiger partial charge on any atom is -0.462 e. The van der Waals surface area contributed by atoms with Gasteiger partial charge in [0.1, 0.15) is 0 Å². The third kappa shape index (κ3) is 6.80. The predicted octanol–water partition coefficient (Wildman–Crippen LogP) is 4.66. The fourth-order valence-electron chi connectivity index (χ4n) is 4.15. The summed E-state index contributed by atoms with van der Waals surface area (Å²) >= 11 is 0. The number of aryl methyl sites for hydroxylation is 3. The van der Waals surface area contributed by atoms with Crippen molar-refractivity contribution in [2.24, 2.45) is 0 Å². The first-order valence-corrected chi connectivity index (χ1v) is 13.2. The van der Waals surface area contributed by atoms with Crippen LogP contribution in [0.25, 0.3) is 0 Å². The Morgan fingerprint density at radius 2 is 1.53 bits per heavy atom. The molecular weight excluding hydrogens is 476 g/mol. The van der Waals surface area contributed by atoms with Crippen LogP contribution in [-0.4, -0.2) is 44.3 Å². The molecule has 190 valence electrons. The van der Waals surface area contributed by atoms with Gasteiger partial charge < -0.3 is 10.1 Å². The smallest absolute Gasteiger partial charge is 0.338 e. The molecule has 0 spiro atoms. The van der Waals surface area contributed by atoms with Gasteiger partial charge in [-0.15, -0.1) is 0 Å². The Hall–Kier alpha value is -3.49. The van der Waals surface area contributed by atoms with Crippen LogP contribution >= 0.6 is 0 Å².